The largest absolute Gasteiger partial charge is 0.456 e. The number of rotatable bonds is 6. The fourth-order valence-corrected chi connectivity index (χ4v) is 4.18. The molecular formula is C26H27N3O3. The third kappa shape index (κ3) is 3.85. The van der Waals surface area contributed by atoms with Gasteiger partial charge in [0.25, 0.3) is 5.91 Å². The minimum Gasteiger partial charge on any atom is -0.456 e. The average molecular weight is 430 g/mol. The second-order valence-corrected chi connectivity index (χ2v) is 7.47. The van der Waals surface area contributed by atoms with Gasteiger partial charge in [0.15, 0.2) is 0 Å². The molecule has 1 amide bonds. The van der Waals surface area contributed by atoms with Gasteiger partial charge in [0.2, 0.25) is 0 Å². The first-order valence-corrected chi connectivity index (χ1v) is 10.9. The van der Waals surface area contributed by atoms with Gasteiger partial charge in [-0.3, -0.25) is 15.0 Å². The van der Waals surface area contributed by atoms with Crippen LogP contribution in [0.1, 0.15) is 31.1 Å². The van der Waals surface area contributed by atoms with Gasteiger partial charge in [-0.15, -0.1) is 0 Å². The Morgan fingerprint density at radius 2 is 1.78 bits per heavy atom. The fourth-order valence-electron chi connectivity index (χ4n) is 4.18. The van der Waals surface area contributed by atoms with E-state index in [-0.39, 0.29) is 0 Å². The molecule has 0 fully saturated rings. The van der Waals surface area contributed by atoms with Crippen molar-refractivity contribution in [2.45, 2.75) is 20.8 Å². The number of anilines is 1. The van der Waals surface area contributed by atoms with Gasteiger partial charge in [-0.1, -0.05) is 18.2 Å². The number of fused-ring (bicyclic) bond motifs is 2. The van der Waals surface area contributed by atoms with Crippen LogP contribution >= 0.6 is 0 Å². The Bertz CT molecular complexity index is 1310. The molecule has 6 nitrogen and oxygen atoms in total. The standard InChI is InChI=1S/C26H27N3O3/c1-4-27-17-11-13-21-23(15-17)32-24-16-18(29(5-2)6-3)12-14-22(24)25(21)19-9-7-8-10-20(19)26(30)28-31/h7-16,31H,4-6H2,1-3H3,(H,28,30). The summed E-state index contributed by atoms with van der Waals surface area (Å²) < 4.78 is 6.37. The Hall–Kier alpha value is -3.64. The summed E-state index contributed by atoms with van der Waals surface area (Å²) in [4.78, 5) is 19.2. The number of hydroxylamine groups is 1. The maximum absolute atomic E-state index is 12.4. The van der Waals surface area contributed by atoms with Crippen molar-refractivity contribution in [2.24, 2.45) is 4.99 Å². The van der Waals surface area contributed by atoms with Crippen LogP contribution in [0.25, 0.3) is 33.4 Å². The first-order chi connectivity index (χ1) is 15.6. The fraction of sp³-hybridized carbons (Fsp3) is 0.231. The zero-order valence-electron chi connectivity index (χ0n) is 18.6. The minimum absolute atomic E-state index is 0.388. The van der Waals surface area contributed by atoms with E-state index in [9.17, 15) is 10.0 Å². The zero-order valence-corrected chi connectivity index (χ0v) is 18.6. The van der Waals surface area contributed by atoms with Crippen LogP contribution in [0.4, 0.5) is 5.69 Å². The van der Waals surface area contributed by atoms with Crippen LogP contribution in [-0.4, -0.2) is 30.7 Å². The topological polar surface area (TPSA) is 78.1 Å². The lowest BCUT2D eigenvalue weighted by molar-refractivity contribution is 0.0707. The summed E-state index contributed by atoms with van der Waals surface area (Å²) in [5, 5.41) is 11.0. The second-order valence-electron chi connectivity index (χ2n) is 7.47. The van der Waals surface area contributed by atoms with E-state index < -0.39 is 5.91 Å². The predicted octanol–water partition coefficient (Wildman–Crippen LogP) is 5.09. The highest BCUT2D eigenvalue weighted by molar-refractivity contribution is 6.09. The van der Waals surface area contributed by atoms with Gasteiger partial charge in [0.05, 0.1) is 5.36 Å². The van der Waals surface area contributed by atoms with Crippen LogP contribution in [0.5, 0.6) is 0 Å². The molecule has 1 aliphatic carbocycles. The van der Waals surface area contributed by atoms with E-state index in [1.165, 1.54) is 0 Å². The number of amides is 1. The van der Waals surface area contributed by atoms with Crippen molar-refractivity contribution in [3.63, 3.8) is 0 Å². The monoisotopic (exact) mass is 429 g/mol. The van der Waals surface area contributed by atoms with E-state index >= 15 is 0 Å². The van der Waals surface area contributed by atoms with Gasteiger partial charge < -0.3 is 9.32 Å². The molecule has 0 saturated heterocycles. The van der Waals surface area contributed by atoms with E-state index in [1.54, 1.807) is 17.6 Å². The zero-order chi connectivity index (χ0) is 22.7. The molecule has 2 aromatic rings. The summed E-state index contributed by atoms with van der Waals surface area (Å²) in [7, 11) is 0. The molecule has 0 radical (unpaired) electrons. The predicted molar refractivity (Wildman–Crippen MR) is 127 cm³/mol. The quantitative estimate of drug-likeness (QED) is 0.254. The van der Waals surface area contributed by atoms with Gasteiger partial charge in [-0.2, -0.15) is 0 Å². The third-order valence-electron chi connectivity index (χ3n) is 5.70. The summed E-state index contributed by atoms with van der Waals surface area (Å²) in [6, 6.07) is 19.3. The molecule has 1 aliphatic heterocycles. The Balaban J connectivity index is 2.10. The smallest absolute Gasteiger partial charge is 0.275 e. The van der Waals surface area contributed by atoms with E-state index in [0.29, 0.717) is 17.9 Å². The van der Waals surface area contributed by atoms with E-state index in [4.69, 9.17) is 4.42 Å². The maximum Gasteiger partial charge on any atom is 0.275 e. The molecule has 2 N–H and O–H groups in total. The molecule has 0 bridgehead atoms. The Kier molecular flexibility index (Phi) is 6.23. The summed E-state index contributed by atoms with van der Waals surface area (Å²) in [6.07, 6.45) is 0. The Morgan fingerprint density at radius 1 is 1.00 bits per heavy atom. The highest BCUT2D eigenvalue weighted by Gasteiger charge is 2.21. The number of benzene rings is 3. The molecule has 32 heavy (non-hydrogen) atoms. The molecule has 2 aromatic carbocycles. The van der Waals surface area contributed by atoms with E-state index in [1.807, 2.05) is 49.4 Å². The van der Waals surface area contributed by atoms with Gasteiger partial charge >= 0.3 is 0 Å². The maximum atomic E-state index is 12.4. The van der Waals surface area contributed by atoms with Crippen molar-refractivity contribution in [3.8, 4) is 22.5 Å². The molecule has 0 saturated carbocycles. The van der Waals surface area contributed by atoms with Crippen LogP contribution in [0.15, 0.2) is 70.1 Å². The van der Waals surface area contributed by atoms with Gasteiger partial charge in [0.1, 0.15) is 11.3 Å². The van der Waals surface area contributed by atoms with Crippen LogP contribution in [0.3, 0.4) is 0 Å². The van der Waals surface area contributed by atoms with Crippen LogP contribution in [0.2, 0.25) is 0 Å². The minimum atomic E-state index is -0.556. The SMILES string of the molecule is CCN=c1ccc2c(-c3ccccc3C(=O)NO)c3ccc(N(CC)CC)cc3oc-2c1. The van der Waals surface area contributed by atoms with Gasteiger partial charge in [0, 0.05) is 59.5 Å². The summed E-state index contributed by atoms with van der Waals surface area (Å²) in [5.41, 5.74) is 6.44. The number of hydrogen-bond acceptors (Lipinski definition) is 5. The molecule has 0 unspecified atom stereocenters. The van der Waals surface area contributed by atoms with Crippen molar-refractivity contribution in [1.29, 1.82) is 0 Å². The first-order valence-electron chi connectivity index (χ1n) is 10.9. The number of nitrogens with one attached hydrogen (secondary N) is 1. The normalized spacial score (nSPS) is 11.8. The molecule has 0 atom stereocenters. The van der Waals surface area contributed by atoms with E-state index in [2.05, 4.69) is 29.8 Å². The number of carbonyl (C=O) groups is 1. The Morgan fingerprint density at radius 3 is 2.50 bits per heavy atom. The van der Waals surface area contributed by atoms with Crippen molar-refractivity contribution in [2.75, 3.05) is 24.5 Å². The molecule has 1 heterocycles. The molecule has 164 valence electrons. The van der Waals surface area contributed by atoms with Gasteiger partial charge in [-0.05, 0) is 56.7 Å². The lowest BCUT2D eigenvalue weighted by Crippen LogP contribution is -2.21. The summed E-state index contributed by atoms with van der Waals surface area (Å²) >= 11 is 0. The van der Waals surface area contributed by atoms with Crippen molar-refractivity contribution in [3.05, 3.63) is 71.6 Å². The van der Waals surface area contributed by atoms with Crippen LogP contribution < -0.4 is 15.7 Å². The van der Waals surface area contributed by atoms with E-state index in [0.717, 1.165) is 51.8 Å². The molecular weight excluding hydrogens is 402 g/mol. The lowest BCUT2D eigenvalue weighted by atomic mass is 9.90. The Labute approximate surface area is 187 Å². The molecule has 2 aliphatic rings. The number of hydrogen-bond donors (Lipinski definition) is 2. The second kappa shape index (κ2) is 9.24. The lowest BCUT2D eigenvalue weighted by Gasteiger charge is -2.22. The molecule has 0 spiro atoms. The van der Waals surface area contributed by atoms with Crippen LogP contribution in [0, 0.1) is 0 Å². The van der Waals surface area contributed by atoms with Crippen molar-refractivity contribution in [1.82, 2.24) is 5.48 Å². The van der Waals surface area contributed by atoms with Crippen molar-refractivity contribution >= 4 is 22.6 Å². The van der Waals surface area contributed by atoms with Crippen LogP contribution in [-0.2, 0) is 0 Å². The third-order valence-corrected chi connectivity index (χ3v) is 5.70. The highest BCUT2D eigenvalue weighted by Crippen LogP contribution is 2.42. The first kappa shape index (κ1) is 21.6. The van der Waals surface area contributed by atoms with Crippen molar-refractivity contribution < 1.29 is 14.4 Å². The van der Waals surface area contributed by atoms with Gasteiger partial charge in [-0.25, -0.2) is 5.48 Å². The highest BCUT2D eigenvalue weighted by atomic mass is 16.5. The summed E-state index contributed by atoms with van der Waals surface area (Å²) in [5.74, 6) is 0.137. The number of nitrogens with zero attached hydrogens (tertiary/aromatic N) is 2. The average Bonchev–Trinajstić information content (AvgIpc) is 2.83. The summed E-state index contributed by atoms with van der Waals surface area (Å²) in [6.45, 7) is 8.70. The molecule has 0 aromatic heterocycles. The molecule has 4 rings (SSSR count). The number of carbonyl (C=O) groups excluding carboxylic acids is 1. The molecule has 6 heteroatoms.